The maximum absolute atomic E-state index is 11.9. The molecule has 17 heavy (non-hydrogen) atoms. The molecular formula is C13H18N2O2. The molecule has 0 bridgehead atoms. The lowest BCUT2D eigenvalue weighted by atomic mass is 10.1. The molecule has 0 N–H and O–H groups in total. The van der Waals surface area contributed by atoms with Crippen LogP contribution in [0, 0.1) is 5.92 Å². The summed E-state index contributed by atoms with van der Waals surface area (Å²) in [5.74, 6) is 0.558. The summed E-state index contributed by atoms with van der Waals surface area (Å²) in [7, 11) is 1.88. The number of carbonyl (C=O) groups is 2. The molecule has 1 unspecified atom stereocenters. The van der Waals surface area contributed by atoms with Gasteiger partial charge in [-0.25, -0.2) is 0 Å². The van der Waals surface area contributed by atoms with Gasteiger partial charge >= 0.3 is 0 Å². The predicted octanol–water partition coefficient (Wildman–Crippen LogP) is 1.47. The van der Waals surface area contributed by atoms with Crippen LogP contribution < -0.4 is 0 Å². The first kappa shape index (κ1) is 11.9. The van der Waals surface area contributed by atoms with Crippen molar-refractivity contribution in [1.82, 2.24) is 9.47 Å². The van der Waals surface area contributed by atoms with E-state index in [1.54, 1.807) is 17.2 Å². The van der Waals surface area contributed by atoms with E-state index in [4.69, 9.17) is 0 Å². The van der Waals surface area contributed by atoms with Gasteiger partial charge in [-0.15, -0.1) is 0 Å². The quantitative estimate of drug-likeness (QED) is 0.740. The predicted molar refractivity (Wildman–Crippen MR) is 64.7 cm³/mol. The molecule has 0 aromatic carbocycles. The monoisotopic (exact) mass is 234 g/mol. The van der Waals surface area contributed by atoms with Crippen LogP contribution in [0.4, 0.5) is 0 Å². The van der Waals surface area contributed by atoms with Crippen molar-refractivity contribution in [3.8, 4) is 0 Å². The Morgan fingerprint density at radius 2 is 2.29 bits per heavy atom. The Morgan fingerprint density at radius 3 is 2.82 bits per heavy atom. The van der Waals surface area contributed by atoms with Gasteiger partial charge in [-0.3, -0.25) is 9.59 Å². The minimum atomic E-state index is 0.0238. The van der Waals surface area contributed by atoms with Crippen LogP contribution in [0.25, 0.3) is 0 Å². The number of Topliss-reactive ketones (excluding diaryl/α,β-unsaturated/α-hetero) is 1. The molecule has 1 saturated heterocycles. The highest BCUT2D eigenvalue weighted by Crippen LogP contribution is 2.20. The van der Waals surface area contributed by atoms with Crippen LogP contribution in [-0.4, -0.2) is 34.2 Å². The number of nitrogens with zero attached hydrogens (tertiary/aromatic N) is 2. The van der Waals surface area contributed by atoms with Crippen molar-refractivity contribution in [1.29, 1.82) is 0 Å². The summed E-state index contributed by atoms with van der Waals surface area (Å²) in [4.78, 5) is 25.3. The number of hydrogen-bond donors (Lipinski definition) is 0. The van der Waals surface area contributed by atoms with Crippen LogP contribution in [0.3, 0.4) is 0 Å². The van der Waals surface area contributed by atoms with Gasteiger partial charge in [0.05, 0.1) is 6.54 Å². The molecule has 4 heteroatoms. The molecule has 1 atom stereocenters. The Labute approximate surface area is 101 Å². The largest absolute Gasteiger partial charge is 0.357 e. The summed E-state index contributed by atoms with van der Waals surface area (Å²) >= 11 is 0. The molecule has 0 aliphatic carbocycles. The van der Waals surface area contributed by atoms with Crippen molar-refractivity contribution < 1.29 is 9.59 Å². The molecule has 0 radical (unpaired) electrons. The van der Waals surface area contributed by atoms with Gasteiger partial charge in [0.1, 0.15) is 0 Å². The van der Waals surface area contributed by atoms with E-state index in [0.717, 1.165) is 13.0 Å². The average molecular weight is 234 g/mol. The Morgan fingerprint density at radius 1 is 1.53 bits per heavy atom. The van der Waals surface area contributed by atoms with Crippen LogP contribution in [0.15, 0.2) is 18.5 Å². The number of amides is 1. The zero-order valence-corrected chi connectivity index (χ0v) is 10.3. The zero-order valence-electron chi connectivity index (χ0n) is 10.3. The molecule has 1 aliphatic rings. The second-order valence-electron chi connectivity index (χ2n) is 4.74. The van der Waals surface area contributed by atoms with Crippen molar-refractivity contribution in [3.63, 3.8) is 0 Å². The van der Waals surface area contributed by atoms with Gasteiger partial charge in [-0.2, -0.15) is 0 Å². The number of ketones is 1. The third-order valence-corrected chi connectivity index (χ3v) is 3.36. The van der Waals surface area contributed by atoms with E-state index in [1.807, 2.05) is 17.8 Å². The third kappa shape index (κ3) is 2.57. The Kier molecular flexibility index (Phi) is 3.31. The van der Waals surface area contributed by atoms with E-state index < -0.39 is 0 Å². The van der Waals surface area contributed by atoms with E-state index in [1.165, 1.54) is 0 Å². The minimum Gasteiger partial charge on any atom is -0.357 e. The van der Waals surface area contributed by atoms with Crippen molar-refractivity contribution >= 4 is 11.7 Å². The molecule has 1 aromatic heterocycles. The lowest BCUT2D eigenvalue weighted by Crippen LogP contribution is -2.31. The zero-order chi connectivity index (χ0) is 12.4. The molecule has 0 spiro atoms. The molecule has 4 nitrogen and oxygen atoms in total. The Bertz CT molecular complexity index is 436. The molecule has 1 fully saturated rings. The van der Waals surface area contributed by atoms with Crippen molar-refractivity contribution in [2.45, 2.75) is 19.8 Å². The first-order valence-electron chi connectivity index (χ1n) is 6.03. The van der Waals surface area contributed by atoms with Crippen LogP contribution in [-0.2, 0) is 11.8 Å². The van der Waals surface area contributed by atoms with E-state index in [9.17, 15) is 9.59 Å². The average Bonchev–Trinajstić information content (AvgIpc) is 2.86. The highest BCUT2D eigenvalue weighted by Gasteiger charge is 2.29. The highest BCUT2D eigenvalue weighted by atomic mass is 16.2. The van der Waals surface area contributed by atoms with Gasteiger partial charge in [0.15, 0.2) is 5.78 Å². The maximum atomic E-state index is 11.9. The van der Waals surface area contributed by atoms with Crippen LogP contribution >= 0.6 is 0 Å². The summed E-state index contributed by atoms with van der Waals surface area (Å²) in [5.41, 5.74) is 0.681. The maximum Gasteiger partial charge on any atom is 0.223 e. The third-order valence-electron chi connectivity index (χ3n) is 3.36. The summed E-state index contributed by atoms with van der Waals surface area (Å²) in [6.45, 7) is 3.04. The molecule has 1 aliphatic heterocycles. The first-order valence-corrected chi connectivity index (χ1v) is 6.03. The number of carbonyl (C=O) groups excluding carboxylic acids is 2. The standard InChI is InChI=1S/C13H18N2O2/c1-3-10-6-13(17)15(7-10)9-12(16)11-4-5-14(2)8-11/h4-5,8,10H,3,6-7,9H2,1-2H3. The summed E-state index contributed by atoms with van der Waals surface area (Å²) in [6.07, 6.45) is 5.23. The molecule has 1 aromatic rings. The van der Waals surface area contributed by atoms with Gasteiger partial charge in [0.2, 0.25) is 5.91 Å². The second kappa shape index (κ2) is 4.73. The summed E-state index contributed by atoms with van der Waals surface area (Å²) in [5, 5.41) is 0. The molecule has 2 rings (SSSR count). The number of rotatable bonds is 4. The van der Waals surface area contributed by atoms with Crippen molar-refractivity contribution in [2.24, 2.45) is 13.0 Å². The first-order chi connectivity index (χ1) is 8.10. The molecule has 0 saturated carbocycles. The van der Waals surface area contributed by atoms with Crippen molar-refractivity contribution in [2.75, 3.05) is 13.1 Å². The fraction of sp³-hybridized carbons (Fsp3) is 0.538. The van der Waals surface area contributed by atoms with E-state index in [-0.39, 0.29) is 18.2 Å². The fourth-order valence-electron chi connectivity index (χ4n) is 2.21. The van der Waals surface area contributed by atoms with Gasteiger partial charge in [0.25, 0.3) is 0 Å². The summed E-state index contributed by atoms with van der Waals surface area (Å²) in [6, 6.07) is 1.79. The van der Waals surface area contributed by atoms with Gasteiger partial charge in [-0.05, 0) is 12.0 Å². The van der Waals surface area contributed by atoms with E-state index >= 15 is 0 Å². The minimum absolute atomic E-state index is 0.0238. The molecule has 1 amide bonds. The smallest absolute Gasteiger partial charge is 0.223 e. The second-order valence-corrected chi connectivity index (χ2v) is 4.74. The Hall–Kier alpha value is -1.58. The van der Waals surface area contributed by atoms with Gasteiger partial charge in [-0.1, -0.05) is 13.3 Å². The molecular weight excluding hydrogens is 216 g/mol. The number of aromatic nitrogens is 1. The van der Waals surface area contributed by atoms with Gasteiger partial charge < -0.3 is 9.47 Å². The fourth-order valence-corrected chi connectivity index (χ4v) is 2.21. The molecule has 92 valence electrons. The Balaban J connectivity index is 1.98. The van der Waals surface area contributed by atoms with Crippen molar-refractivity contribution in [3.05, 3.63) is 24.0 Å². The van der Waals surface area contributed by atoms with Gasteiger partial charge in [0, 0.05) is 38.0 Å². The van der Waals surface area contributed by atoms with E-state index in [0.29, 0.717) is 17.9 Å². The number of hydrogen-bond acceptors (Lipinski definition) is 2. The van der Waals surface area contributed by atoms with Crippen LogP contribution in [0.2, 0.25) is 0 Å². The number of likely N-dealkylation sites (tertiary alicyclic amines) is 1. The lowest BCUT2D eigenvalue weighted by molar-refractivity contribution is -0.127. The highest BCUT2D eigenvalue weighted by molar-refractivity contribution is 5.99. The molecule has 2 heterocycles. The number of aryl methyl sites for hydroxylation is 1. The van der Waals surface area contributed by atoms with Crippen LogP contribution in [0.5, 0.6) is 0 Å². The lowest BCUT2D eigenvalue weighted by Gasteiger charge is -2.14. The normalized spacial score (nSPS) is 20.0. The SMILES string of the molecule is CCC1CC(=O)N(CC(=O)c2ccn(C)c2)C1. The van der Waals surface area contributed by atoms with E-state index in [2.05, 4.69) is 6.92 Å². The van der Waals surface area contributed by atoms with Crippen LogP contribution in [0.1, 0.15) is 30.1 Å². The topological polar surface area (TPSA) is 42.3 Å². The summed E-state index contributed by atoms with van der Waals surface area (Å²) < 4.78 is 1.84.